The number of benzene rings is 2. The zero-order valence-electron chi connectivity index (χ0n) is 16.3. The normalized spacial score (nSPS) is 12.1. The summed E-state index contributed by atoms with van der Waals surface area (Å²) in [6.07, 6.45) is 3.63. The van der Waals surface area contributed by atoms with Gasteiger partial charge in [0.2, 0.25) is 0 Å². The molecule has 140 valence electrons. The molecule has 3 N–H and O–H groups in total. The molecular formula is C24H24N3O+. The SMILES string of the molecule is Cc1cc[nH+]c(NC(c2cc(C)ccc2C)c2ccc3cccnc3c2O)c1. The predicted octanol–water partition coefficient (Wildman–Crippen LogP) is 4.88. The third-order valence-corrected chi connectivity index (χ3v) is 5.09. The number of aromatic amines is 1. The lowest BCUT2D eigenvalue weighted by Crippen LogP contribution is -2.20. The summed E-state index contributed by atoms with van der Waals surface area (Å²) in [7, 11) is 0. The lowest BCUT2D eigenvalue weighted by molar-refractivity contribution is -0.361. The maximum Gasteiger partial charge on any atom is 0.273 e. The molecule has 0 radical (unpaired) electrons. The molecule has 0 bridgehead atoms. The summed E-state index contributed by atoms with van der Waals surface area (Å²) in [5.74, 6) is 1.11. The molecular weight excluding hydrogens is 346 g/mol. The molecule has 4 heteroatoms. The Bertz CT molecular complexity index is 1150. The number of pyridine rings is 2. The second-order valence-corrected chi connectivity index (χ2v) is 7.30. The number of phenolic OH excluding ortho intramolecular Hbond substituents is 1. The highest BCUT2D eigenvalue weighted by Crippen LogP contribution is 2.37. The summed E-state index contributed by atoms with van der Waals surface area (Å²) in [5.41, 5.74) is 6.04. The van der Waals surface area contributed by atoms with Crippen LogP contribution in [0.5, 0.6) is 5.75 Å². The van der Waals surface area contributed by atoms with Crippen molar-refractivity contribution in [3.8, 4) is 5.75 Å². The summed E-state index contributed by atoms with van der Waals surface area (Å²) in [4.78, 5) is 7.65. The molecule has 0 aliphatic heterocycles. The fraction of sp³-hybridized carbons (Fsp3) is 0.167. The second kappa shape index (κ2) is 7.31. The van der Waals surface area contributed by atoms with Gasteiger partial charge in [-0.25, -0.2) is 4.98 Å². The number of aryl methyl sites for hydroxylation is 3. The van der Waals surface area contributed by atoms with Crippen molar-refractivity contribution in [3.05, 3.63) is 94.8 Å². The van der Waals surface area contributed by atoms with E-state index in [1.807, 2.05) is 36.5 Å². The number of nitrogens with zero attached hydrogens (tertiary/aromatic N) is 1. The van der Waals surface area contributed by atoms with Gasteiger partial charge in [0, 0.05) is 28.8 Å². The van der Waals surface area contributed by atoms with Crippen molar-refractivity contribution in [1.82, 2.24) is 4.98 Å². The minimum atomic E-state index is -0.218. The van der Waals surface area contributed by atoms with Crippen molar-refractivity contribution in [2.45, 2.75) is 26.8 Å². The van der Waals surface area contributed by atoms with Crippen LogP contribution < -0.4 is 10.3 Å². The van der Waals surface area contributed by atoms with Crippen molar-refractivity contribution in [1.29, 1.82) is 0 Å². The number of hydrogen-bond donors (Lipinski definition) is 2. The third-order valence-electron chi connectivity index (χ3n) is 5.09. The Labute approximate surface area is 164 Å². The second-order valence-electron chi connectivity index (χ2n) is 7.30. The first-order chi connectivity index (χ1) is 13.5. The number of aromatic hydroxyl groups is 1. The monoisotopic (exact) mass is 370 g/mol. The molecule has 1 unspecified atom stereocenters. The number of anilines is 1. The van der Waals surface area contributed by atoms with Crippen molar-refractivity contribution in [3.63, 3.8) is 0 Å². The summed E-state index contributed by atoms with van der Waals surface area (Å²) in [6.45, 7) is 6.24. The fourth-order valence-electron chi connectivity index (χ4n) is 3.59. The van der Waals surface area contributed by atoms with E-state index in [1.54, 1.807) is 6.20 Å². The average Bonchev–Trinajstić information content (AvgIpc) is 2.69. The van der Waals surface area contributed by atoms with Crippen molar-refractivity contribution < 1.29 is 10.1 Å². The number of fused-ring (bicyclic) bond motifs is 1. The summed E-state index contributed by atoms with van der Waals surface area (Å²) < 4.78 is 0. The van der Waals surface area contributed by atoms with E-state index in [0.29, 0.717) is 5.52 Å². The number of H-pyrrole nitrogens is 1. The number of hydrogen-bond acceptors (Lipinski definition) is 3. The molecule has 0 saturated carbocycles. The number of rotatable bonds is 4. The van der Waals surface area contributed by atoms with Gasteiger partial charge in [0.1, 0.15) is 17.3 Å². The Morgan fingerprint density at radius 2 is 1.75 bits per heavy atom. The molecule has 0 aliphatic carbocycles. The molecule has 0 amide bonds. The van der Waals surface area contributed by atoms with Gasteiger partial charge in [-0.1, -0.05) is 35.9 Å². The predicted molar refractivity (Wildman–Crippen MR) is 113 cm³/mol. The topological polar surface area (TPSA) is 59.3 Å². The highest BCUT2D eigenvalue weighted by molar-refractivity contribution is 5.86. The zero-order valence-corrected chi connectivity index (χ0v) is 16.3. The van der Waals surface area contributed by atoms with Crippen LogP contribution in [0.15, 0.2) is 67.0 Å². The molecule has 0 fully saturated rings. The highest BCUT2D eigenvalue weighted by atomic mass is 16.3. The van der Waals surface area contributed by atoms with E-state index >= 15 is 0 Å². The van der Waals surface area contributed by atoms with E-state index < -0.39 is 0 Å². The maximum atomic E-state index is 11.1. The number of phenols is 1. The van der Waals surface area contributed by atoms with Gasteiger partial charge in [-0.05, 0) is 50.1 Å². The molecule has 0 aliphatic rings. The summed E-state index contributed by atoms with van der Waals surface area (Å²) >= 11 is 0. The van der Waals surface area contributed by atoms with Crippen LogP contribution in [-0.4, -0.2) is 10.1 Å². The minimum Gasteiger partial charge on any atom is -0.505 e. The molecule has 2 heterocycles. The van der Waals surface area contributed by atoms with Crippen LogP contribution in [0.3, 0.4) is 0 Å². The average molecular weight is 370 g/mol. The summed E-state index contributed by atoms with van der Waals surface area (Å²) in [5, 5.41) is 15.6. The van der Waals surface area contributed by atoms with Crippen LogP contribution >= 0.6 is 0 Å². The fourth-order valence-corrected chi connectivity index (χ4v) is 3.59. The first-order valence-electron chi connectivity index (χ1n) is 9.41. The molecule has 2 aromatic heterocycles. The molecule has 2 aromatic carbocycles. The molecule has 4 aromatic rings. The smallest absolute Gasteiger partial charge is 0.273 e. The van der Waals surface area contributed by atoms with Gasteiger partial charge >= 0.3 is 0 Å². The van der Waals surface area contributed by atoms with Gasteiger partial charge in [-0.3, -0.25) is 10.3 Å². The molecule has 0 saturated heterocycles. The van der Waals surface area contributed by atoms with Crippen molar-refractivity contribution in [2.24, 2.45) is 0 Å². The van der Waals surface area contributed by atoms with Crippen LogP contribution in [0.4, 0.5) is 5.82 Å². The van der Waals surface area contributed by atoms with E-state index in [2.05, 4.69) is 60.3 Å². The lowest BCUT2D eigenvalue weighted by atomic mass is 9.92. The Balaban J connectivity index is 1.90. The van der Waals surface area contributed by atoms with Gasteiger partial charge in [0.25, 0.3) is 5.82 Å². The Morgan fingerprint density at radius 1 is 0.929 bits per heavy atom. The lowest BCUT2D eigenvalue weighted by Gasteiger charge is -2.20. The molecule has 4 nitrogen and oxygen atoms in total. The van der Waals surface area contributed by atoms with E-state index in [-0.39, 0.29) is 11.8 Å². The largest absolute Gasteiger partial charge is 0.505 e. The van der Waals surface area contributed by atoms with Gasteiger partial charge in [-0.15, -0.1) is 0 Å². The van der Waals surface area contributed by atoms with Crippen LogP contribution in [0, 0.1) is 20.8 Å². The molecule has 0 spiro atoms. The van der Waals surface area contributed by atoms with E-state index in [0.717, 1.165) is 33.5 Å². The minimum absolute atomic E-state index is 0.212. The van der Waals surface area contributed by atoms with Crippen molar-refractivity contribution in [2.75, 3.05) is 5.32 Å². The quantitative estimate of drug-likeness (QED) is 0.538. The Kier molecular flexibility index (Phi) is 4.70. The first kappa shape index (κ1) is 18.0. The van der Waals surface area contributed by atoms with Crippen LogP contribution in [-0.2, 0) is 0 Å². The zero-order chi connectivity index (χ0) is 19.7. The standard InChI is InChI=1S/C24H23N3O/c1-15-6-7-17(3)20(13-15)23(27-21-14-16(2)10-12-25-21)19-9-8-18-5-4-11-26-22(18)24(19)28/h4-14,23,28H,1-3H3,(H,25,27)/p+1. The van der Waals surface area contributed by atoms with Crippen LogP contribution in [0.25, 0.3) is 10.9 Å². The Morgan fingerprint density at radius 3 is 2.57 bits per heavy atom. The van der Waals surface area contributed by atoms with Crippen LogP contribution in [0.1, 0.15) is 33.9 Å². The maximum absolute atomic E-state index is 11.1. The van der Waals surface area contributed by atoms with Crippen molar-refractivity contribution >= 4 is 16.7 Å². The van der Waals surface area contributed by atoms with Gasteiger partial charge < -0.3 is 5.11 Å². The van der Waals surface area contributed by atoms with E-state index in [9.17, 15) is 5.11 Å². The van der Waals surface area contributed by atoms with Gasteiger partial charge in [0.05, 0.1) is 6.20 Å². The van der Waals surface area contributed by atoms with E-state index in [1.165, 1.54) is 5.56 Å². The highest BCUT2D eigenvalue weighted by Gasteiger charge is 2.25. The van der Waals surface area contributed by atoms with Crippen LogP contribution in [0.2, 0.25) is 0 Å². The van der Waals surface area contributed by atoms with Gasteiger partial charge in [-0.2, -0.15) is 0 Å². The molecule has 28 heavy (non-hydrogen) atoms. The third kappa shape index (κ3) is 3.41. The number of aromatic nitrogens is 2. The first-order valence-corrected chi connectivity index (χ1v) is 9.41. The van der Waals surface area contributed by atoms with E-state index in [4.69, 9.17) is 0 Å². The molecule has 1 atom stereocenters. The van der Waals surface area contributed by atoms with Gasteiger partial charge in [0.15, 0.2) is 0 Å². The Hall–Kier alpha value is -3.40. The summed E-state index contributed by atoms with van der Waals surface area (Å²) in [6, 6.07) is 18.1. The molecule has 4 rings (SSSR count). The number of nitrogens with one attached hydrogen (secondary N) is 2.